The Morgan fingerprint density at radius 3 is 2.62 bits per heavy atom. The molecule has 4 heteroatoms. The van der Waals surface area contributed by atoms with Gasteiger partial charge in [-0.05, 0) is 6.42 Å². The molecule has 0 saturated heterocycles. The predicted octanol–water partition coefficient (Wildman–Crippen LogP) is 2.08. The van der Waals surface area contributed by atoms with Crippen LogP contribution in [0.2, 0.25) is 0 Å². The average molecular weight is 224 g/mol. The second-order valence-corrected chi connectivity index (χ2v) is 3.69. The van der Waals surface area contributed by atoms with E-state index in [1.165, 1.54) is 32.6 Å². The van der Waals surface area contributed by atoms with Gasteiger partial charge < -0.3 is 9.64 Å². The SMILES string of the molecule is CCCCCCN(C)C=C(C#N)C(=O)OC. The lowest BCUT2D eigenvalue weighted by atomic mass is 10.2. The highest BCUT2D eigenvalue weighted by atomic mass is 16.5. The van der Waals surface area contributed by atoms with E-state index >= 15 is 0 Å². The molecule has 0 heterocycles. The molecular weight excluding hydrogens is 204 g/mol. The summed E-state index contributed by atoms with van der Waals surface area (Å²) in [5, 5.41) is 8.74. The number of methoxy groups -OCH3 is 1. The Morgan fingerprint density at radius 2 is 2.12 bits per heavy atom. The number of hydrogen-bond donors (Lipinski definition) is 0. The van der Waals surface area contributed by atoms with Crippen LogP contribution >= 0.6 is 0 Å². The third-order valence-electron chi connectivity index (χ3n) is 2.24. The van der Waals surface area contributed by atoms with Gasteiger partial charge >= 0.3 is 5.97 Å². The van der Waals surface area contributed by atoms with Crippen LogP contribution in [0.5, 0.6) is 0 Å². The Kier molecular flexibility index (Phi) is 7.96. The number of carbonyl (C=O) groups excluding carboxylic acids is 1. The maximum absolute atomic E-state index is 11.1. The molecule has 0 spiro atoms. The summed E-state index contributed by atoms with van der Waals surface area (Å²) >= 11 is 0. The van der Waals surface area contributed by atoms with Crippen molar-refractivity contribution in [1.29, 1.82) is 5.26 Å². The van der Waals surface area contributed by atoms with Gasteiger partial charge in [0.15, 0.2) is 5.57 Å². The molecule has 16 heavy (non-hydrogen) atoms. The van der Waals surface area contributed by atoms with Gasteiger partial charge in [0, 0.05) is 19.8 Å². The molecule has 0 bridgehead atoms. The molecule has 4 nitrogen and oxygen atoms in total. The fourth-order valence-electron chi connectivity index (χ4n) is 1.31. The van der Waals surface area contributed by atoms with E-state index in [9.17, 15) is 4.79 Å². The highest BCUT2D eigenvalue weighted by molar-refractivity contribution is 5.92. The first-order chi connectivity index (χ1) is 7.65. The lowest BCUT2D eigenvalue weighted by Gasteiger charge is -2.13. The summed E-state index contributed by atoms with van der Waals surface area (Å²) in [6.45, 7) is 3.01. The maximum atomic E-state index is 11.1. The van der Waals surface area contributed by atoms with Crippen LogP contribution in [0.3, 0.4) is 0 Å². The molecule has 0 aliphatic heterocycles. The normalized spacial score (nSPS) is 10.8. The van der Waals surface area contributed by atoms with Crippen LogP contribution in [0.15, 0.2) is 11.8 Å². The fraction of sp³-hybridized carbons (Fsp3) is 0.667. The quantitative estimate of drug-likeness (QED) is 0.287. The smallest absolute Gasteiger partial charge is 0.350 e. The highest BCUT2D eigenvalue weighted by Crippen LogP contribution is 2.03. The zero-order valence-electron chi connectivity index (χ0n) is 10.3. The van der Waals surface area contributed by atoms with Gasteiger partial charge in [0.2, 0.25) is 0 Å². The number of nitriles is 1. The summed E-state index contributed by atoms with van der Waals surface area (Å²) in [7, 11) is 3.13. The van der Waals surface area contributed by atoms with E-state index in [4.69, 9.17) is 5.26 Å². The molecule has 90 valence electrons. The van der Waals surface area contributed by atoms with Gasteiger partial charge in [-0.15, -0.1) is 0 Å². The van der Waals surface area contributed by atoms with E-state index in [1.54, 1.807) is 0 Å². The zero-order chi connectivity index (χ0) is 12.4. The minimum atomic E-state index is -0.581. The van der Waals surface area contributed by atoms with Gasteiger partial charge in [0.25, 0.3) is 0 Å². The molecule has 0 aliphatic rings. The van der Waals surface area contributed by atoms with Gasteiger partial charge in [-0.25, -0.2) is 4.79 Å². The number of esters is 1. The summed E-state index contributed by atoms with van der Waals surface area (Å²) in [5.74, 6) is -0.581. The first kappa shape index (κ1) is 14.5. The zero-order valence-corrected chi connectivity index (χ0v) is 10.3. The molecular formula is C12H20N2O2. The van der Waals surface area contributed by atoms with Crippen molar-refractivity contribution in [3.8, 4) is 6.07 Å². The van der Waals surface area contributed by atoms with Gasteiger partial charge in [0.05, 0.1) is 7.11 Å². The molecule has 0 saturated carbocycles. The molecule has 0 aromatic carbocycles. The number of ether oxygens (including phenoxy) is 1. The molecule has 0 amide bonds. The van der Waals surface area contributed by atoms with Crippen molar-refractivity contribution >= 4 is 5.97 Å². The van der Waals surface area contributed by atoms with Crippen molar-refractivity contribution in [3.63, 3.8) is 0 Å². The largest absolute Gasteiger partial charge is 0.465 e. The summed E-state index contributed by atoms with van der Waals surface area (Å²) in [5.41, 5.74) is 0.0421. The van der Waals surface area contributed by atoms with E-state index in [0.717, 1.165) is 13.0 Å². The van der Waals surface area contributed by atoms with E-state index in [1.807, 2.05) is 18.0 Å². The van der Waals surface area contributed by atoms with Crippen molar-refractivity contribution in [3.05, 3.63) is 11.8 Å². The van der Waals surface area contributed by atoms with Crippen molar-refractivity contribution in [2.75, 3.05) is 20.7 Å². The van der Waals surface area contributed by atoms with Gasteiger partial charge in [0.1, 0.15) is 6.07 Å². The average Bonchev–Trinajstić information content (AvgIpc) is 2.30. The van der Waals surface area contributed by atoms with Crippen LogP contribution in [-0.4, -0.2) is 31.6 Å². The minimum Gasteiger partial charge on any atom is -0.465 e. The maximum Gasteiger partial charge on any atom is 0.350 e. The molecule has 0 unspecified atom stereocenters. The number of rotatable bonds is 7. The lowest BCUT2D eigenvalue weighted by molar-refractivity contribution is -0.135. The topological polar surface area (TPSA) is 53.3 Å². The first-order valence-electron chi connectivity index (χ1n) is 5.56. The Labute approximate surface area is 97.5 Å². The summed E-state index contributed by atoms with van der Waals surface area (Å²) in [6.07, 6.45) is 6.21. The van der Waals surface area contributed by atoms with Crippen LogP contribution in [0, 0.1) is 11.3 Å². The standard InChI is InChI=1S/C12H20N2O2/c1-4-5-6-7-8-14(2)10-11(9-13)12(15)16-3/h10H,4-8H2,1-3H3. The Hall–Kier alpha value is -1.50. The third-order valence-corrected chi connectivity index (χ3v) is 2.24. The van der Waals surface area contributed by atoms with Crippen LogP contribution in [0.1, 0.15) is 32.6 Å². The van der Waals surface area contributed by atoms with Crippen molar-refractivity contribution < 1.29 is 9.53 Å². The summed E-state index contributed by atoms with van der Waals surface area (Å²) < 4.78 is 4.49. The fourth-order valence-corrected chi connectivity index (χ4v) is 1.31. The van der Waals surface area contributed by atoms with Crippen molar-refractivity contribution in [2.24, 2.45) is 0 Å². The van der Waals surface area contributed by atoms with Crippen molar-refractivity contribution in [1.82, 2.24) is 4.90 Å². The Morgan fingerprint density at radius 1 is 1.44 bits per heavy atom. The predicted molar refractivity (Wildman–Crippen MR) is 62.5 cm³/mol. The highest BCUT2D eigenvalue weighted by Gasteiger charge is 2.09. The Bertz CT molecular complexity index is 279. The molecule has 0 fully saturated rings. The van der Waals surface area contributed by atoms with Crippen LogP contribution in [0.25, 0.3) is 0 Å². The number of unbranched alkanes of at least 4 members (excludes halogenated alkanes) is 3. The number of carbonyl (C=O) groups is 1. The van der Waals surface area contributed by atoms with E-state index in [2.05, 4.69) is 11.7 Å². The first-order valence-corrected chi connectivity index (χ1v) is 5.56. The van der Waals surface area contributed by atoms with Crippen LogP contribution in [0.4, 0.5) is 0 Å². The summed E-state index contributed by atoms with van der Waals surface area (Å²) in [4.78, 5) is 13.0. The molecule has 0 atom stereocenters. The monoisotopic (exact) mass is 224 g/mol. The molecule has 0 radical (unpaired) electrons. The molecule has 0 aromatic heterocycles. The molecule has 0 aromatic rings. The van der Waals surface area contributed by atoms with E-state index in [-0.39, 0.29) is 5.57 Å². The van der Waals surface area contributed by atoms with E-state index in [0.29, 0.717) is 0 Å². The molecule has 0 N–H and O–H groups in total. The van der Waals surface area contributed by atoms with Gasteiger partial charge in [-0.1, -0.05) is 26.2 Å². The summed E-state index contributed by atoms with van der Waals surface area (Å²) in [6, 6.07) is 1.83. The molecule has 0 rings (SSSR count). The minimum absolute atomic E-state index is 0.0421. The van der Waals surface area contributed by atoms with E-state index < -0.39 is 5.97 Å². The van der Waals surface area contributed by atoms with Gasteiger partial charge in [-0.2, -0.15) is 5.26 Å². The van der Waals surface area contributed by atoms with Crippen molar-refractivity contribution in [2.45, 2.75) is 32.6 Å². The van der Waals surface area contributed by atoms with Gasteiger partial charge in [-0.3, -0.25) is 0 Å². The number of hydrogen-bond acceptors (Lipinski definition) is 4. The van der Waals surface area contributed by atoms with Crippen LogP contribution in [-0.2, 0) is 9.53 Å². The Balaban J connectivity index is 4.08. The molecule has 0 aliphatic carbocycles. The second kappa shape index (κ2) is 8.78. The second-order valence-electron chi connectivity index (χ2n) is 3.69. The van der Waals surface area contributed by atoms with Crippen LogP contribution < -0.4 is 0 Å². The third kappa shape index (κ3) is 6.07. The number of nitrogens with zero attached hydrogens (tertiary/aromatic N) is 2. The lowest BCUT2D eigenvalue weighted by Crippen LogP contribution is -2.15.